The molecule has 0 spiro atoms. The molecular weight excluding hydrogens is 316 g/mol. The average molecular weight is 332 g/mol. The fraction of sp³-hybridized carbons (Fsp3) is 0.158. The molecule has 0 fully saturated rings. The largest absolute Gasteiger partial charge is 0.358 e. The van der Waals surface area contributed by atoms with Crippen LogP contribution in [-0.4, -0.2) is 21.7 Å². The number of amides is 1. The van der Waals surface area contributed by atoms with Gasteiger partial charge in [-0.3, -0.25) is 9.59 Å². The minimum atomic E-state index is -1.43. The van der Waals surface area contributed by atoms with Crippen LogP contribution in [0.25, 0.3) is 10.9 Å². The second-order valence-corrected chi connectivity index (χ2v) is 5.77. The Morgan fingerprint density at radius 3 is 2.72 bits per heavy atom. The lowest BCUT2D eigenvalue weighted by Gasteiger charge is -2.09. The van der Waals surface area contributed by atoms with Crippen LogP contribution in [0.3, 0.4) is 0 Å². The molecule has 3 aromatic rings. The smallest absolute Gasteiger partial charge is 0.250 e. The standard InChI is InChI=1S/C19H16N4O2/c1-11-12(2)22-16-7-6-13(9-14(11)16)18(24)15(10-20)19(25)23-17-5-3-4-8-21-17/h3-9,15,22H,1-2H3,(H,21,23,25)/t15-/m0/s1. The Bertz CT molecular complexity index is 999. The number of benzene rings is 1. The van der Waals surface area contributed by atoms with Crippen LogP contribution in [0.1, 0.15) is 21.6 Å². The number of nitrogens with one attached hydrogen (secondary N) is 2. The molecule has 0 radical (unpaired) electrons. The predicted molar refractivity (Wildman–Crippen MR) is 94.1 cm³/mol. The lowest BCUT2D eigenvalue weighted by molar-refractivity contribution is -0.117. The number of anilines is 1. The Kier molecular flexibility index (Phi) is 4.31. The zero-order valence-electron chi connectivity index (χ0n) is 13.8. The Morgan fingerprint density at radius 1 is 1.24 bits per heavy atom. The molecule has 6 nitrogen and oxygen atoms in total. The molecule has 1 atom stereocenters. The first-order valence-corrected chi connectivity index (χ1v) is 7.76. The quantitative estimate of drug-likeness (QED) is 0.566. The molecule has 25 heavy (non-hydrogen) atoms. The van der Waals surface area contributed by atoms with E-state index in [2.05, 4.69) is 15.3 Å². The number of aryl methyl sites for hydroxylation is 2. The number of aromatic amines is 1. The summed E-state index contributed by atoms with van der Waals surface area (Å²) in [6, 6.07) is 11.9. The summed E-state index contributed by atoms with van der Waals surface area (Å²) in [5.74, 6) is -2.35. The molecule has 2 heterocycles. The topological polar surface area (TPSA) is 98.6 Å². The van der Waals surface area contributed by atoms with E-state index in [0.717, 1.165) is 22.2 Å². The van der Waals surface area contributed by atoms with E-state index >= 15 is 0 Å². The monoisotopic (exact) mass is 332 g/mol. The second kappa shape index (κ2) is 6.57. The molecule has 6 heteroatoms. The van der Waals surface area contributed by atoms with E-state index in [1.54, 1.807) is 42.5 Å². The number of H-pyrrole nitrogens is 1. The van der Waals surface area contributed by atoms with Crippen LogP contribution in [0.15, 0.2) is 42.6 Å². The molecule has 1 aromatic carbocycles. The molecule has 0 unspecified atom stereocenters. The summed E-state index contributed by atoms with van der Waals surface area (Å²) >= 11 is 0. The summed E-state index contributed by atoms with van der Waals surface area (Å²) in [7, 11) is 0. The molecule has 0 bridgehead atoms. The van der Waals surface area contributed by atoms with Gasteiger partial charge in [-0.2, -0.15) is 5.26 Å². The molecule has 0 saturated carbocycles. The van der Waals surface area contributed by atoms with Gasteiger partial charge in [-0.1, -0.05) is 6.07 Å². The first-order valence-electron chi connectivity index (χ1n) is 7.76. The third kappa shape index (κ3) is 3.12. The molecule has 0 aliphatic heterocycles. The number of carbonyl (C=O) groups excluding carboxylic acids is 2. The molecule has 124 valence electrons. The van der Waals surface area contributed by atoms with Crippen molar-refractivity contribution >= 4 is 28.4 Å². The third-order valence-electron chi connectivity index (χ3n) is 4.16. The summed E-state index contributed by atoms with van der Waals surface area (Å²) in [6.07, 6.45) is 1.52. The van der Waals surface area contributed by atoms with Crippen molar-refractivity contribution in [2.24, 2.45) is 5.92 Å². The molecule has 3 rings (SSSR count). The first-order chi connectivity index (χ1) is 12.0. The zero-order valence-corrected chi connectivity index (χ0v) is 13.8. The van der Waals surface area contributed by atoms with Gasteiger partial charge >= 0.3 is 0 Å². The van der Waals surface area contributed by atoms with E-state index in [-0.39, 0.29) is 0 Å². The van der Waals surface area contributed by atoms with Crippen molar-refractivity contribution in [3.63, 3.8) is 0 Å². The summed E-state index contributed by atoms with van der Waals surface area (Å²) < 4.78 is 0. The Hall–Kier alpha value is -3.46. The predicted octanol–water partition coefficient (Wildman–Crippen LogP) is 3.14. The number of ketones is 1. The fourth-order valence-electron chi connectivity index (χ4n) is 2.65. The van der Waals surface area contributed by atoms with Gasteiger partial charge in [0, 0.05) is 28.4 Å². The average Bonchev–Trinajstić information content (AvgIpc) is 2.90. The molecule has 2 N–H and O–H groups in total. The Labute approximate surface area is 144 Å². The number of Topliss-reactive ketones (excluding diaryl/α,β-unsaturated/α-hetero) is 1. The highest BCUT2D eigenvalue weighted by Crippen LogP contribution is 2.23. The Balaban J connectivity index is 1.88. The number of rotatable bonds is 4. The van der Waals surface area contributed by atoms with E-state index in [4.69, 9.17) is 0 Å². The van der Waals surface area contributed by atoms with Gasteiger partial charge in [0.25, 0.3) is 5.91 Å². The van der Waals surface area contributed by atoms with Gasteiger partial charge in [-0.15, -0.1) is 0 Å². The highest BCUT2D eigenvalue weighted by atomic mass is 16.2. The van der Waals surface area contributed by atoms with Crippen molar-refractivity contribution in [2.75, 3.05) is 5.32 Å². The summed E-state index contributed by atoms with van der Waals surface area (Å²) in [5, 5.41) is 12.7. The lowest BCUT2D eigenvalue weighted by Crippen LogP contribution is -2.29. The Morgan fingerprint density at radius 2 is 2.04 bits per heavy atom. The van der Waals surface area contributed by atoms with E-state index in [1.165, 1.54) is 6.20 Å². The summed E-state index contributed by atoms with van der Waals surface area (Å²) in [4.78, 5) is 32.1. The van der Waals surface area contributed by atoms with Crippen molar-refractivity contribution in [1.29, 1.82) is 5.26 Å². The number of carbonyl (C=O) groups is 2. The number of nitrogens with zero attached hydrogens (tertiary/aromatic N) is 2. The third-order valence-corrected chi connectivity index (χ3v) is 4.16. The number of pyridine rings is 1. The maximum Gasteiger partial charge on any atom is 0.250 e. The van der Waals surface area contributed by atoms with Gasteiger partial charge < -0.3 is 10.3 Å². The number of aromatic nitrogens is 2. The SMILES string of the molecule is Cc1[nH]c2ccc(C(=O)[C@H](C#N)C(=O)Nc3ccccn3)cc2c1C. The van der Waals surface area contributed by atoms with Crippen LogP contribution in [0.4, 0.5) is 5.82 Å². The molecule has 1 amide bonds. The highest BCUT2D eigenvalue weighted by Gasteiger charge is 2.28. The van der Waals surface area contributed by atoms with E-state index in [9.17, 15) is 14.9 Å². The summed E-state index contributed by atoms with van der Waals surface area (Å²) in [6.45, 7) is 3.91. The van der Waals surface area contributed by atoms with Crippen molar-refractivity contribution in [3.8, 4) is 6.07 Å². The van der Waals surface area contributed by atoms with Crippen molar-refractivity contribution < 1.29 is 9.59 Å². The van der Waals surface area contributed by atoms with Crippen LogP contribution >= 0.6 is 0 Å². The number of fused-ring (bicyclic) bond motifs is 1. The zero-order chi connectivity index (χ0) is 18.0. The molecule has 0 aliphatic rings. The number of nitriles is 1. The first kappa shape index (κ1) is 16.4. The van der Waals surface area contributed by atoms with Crippen LogP contribution < -0.4 is 5.32 Å². The van der Waals surface area contributed by atoms with E-state index < -0.39 is 17.6 Å². The molecule has 0 saturated heterocycles. The van der Waals surface area contributed by atoms with Gasteiger partial charge in [0.05, 0.1) is 6.07 Å². The van der Waals surface area contributed by atoms with Crippen molar-refractivity contribution in [3.05, 3.63) is 59.4 Å². The van der Waals surface area contributed by atoms with E-state index in [0.29, 0.717) is 11.4 Å². The molecule has 0 aliphatic carbocycles. The fourth-order valence-corrected chi connectivity index (χ4v) is 2.65. The van der Waals surface area contributed by atoms with Gasteiger partial charge in [-0.25, -0.2) is 4.98 Å². The van der Waals surface area contributed by atoms with Crippen LogP contribution in [-0.2, 0) is 4.79 Å². The van der Waals surface area contributed by atoms with Crippen molar-refractivity contribution in [1.82, 2.24) is 9.97 Å². The van der Waals surface area contributed by atoms with Gasteiger partial charge in [0.2, 0.25) is 0 Å². The van der Waals surface area contributed by atoms with Crippen LogP contribution in [0.2, 0.25) is 0 Å². The molecular formula is C19H16N4O2. The normalized spacial score (nSPS) is 11.7. The van der Waals surface area contributed by atoms with Gasteiger partial charge in [0.1, 0.15) is 5.82 Å². The van der Waals surface area contributed by atoms with Gasteiger partial charge in [-0.05, 0) is 49.7 Å². The lowest BCUT2D eigenvalue weighted by atomic mass is 9.96. The summed E-state index contributed by atoms with van der Waals surface area (Å²) in [5.41, 5.74) is 3.30. The van der Waals surface area contributed by atoms with Gasteiger partial charge in [0.15, 0.2) is 11.7 Å². The number of hydrogen-bond donors (Lipinski definition) is 2. The molecule has 2 aromatic heterocycles. The number of hydrogen-bond acceptors (Lipinski definition) is 4. The van der Waals surface area contributed by atoms with Crippen molar-refractivity contribution in [2.45, 2.75) is 13.8 Å². The second-order valence-electron chi connectivity index (χ2n) is 5.77. The maximum atomic E-state index is 12.7. The van der Waals surface area contributed by atoms with Crippen LogP contribution in [0, 0.1) is 31.1 Å². The van der Waals surface area contributed by atoms with E-state index in [1.807, 2.05) is 13.8 Å². The minimum Gasteiger partial charge on any atom is -0.358 e. The minimum absolute atomic E-state index is 0.299. The highest BCUT2D eigenvalue weighted by molar-refractivity contribution is 6.16. The van der Waals surface area contributed by atoms with Crippen LogP contribution in [0.5, 0.6) is 0 Å². The maximum absolute atomic E-state index is 12.7.